The second kappa shape index (κ2) is 25.9. The highest BCUT2D eigenvalue weighted by Gasteiger charge is 2.16. The van der Waals surface area contributed by atoms with Gasteiger partial charge in [0, 0.05) is 0 Å². The molecule has 0 spiro atoms. The number of aliphatic hydroxyl groups excluding tert-OH is 2. The van der Waals surface area contributed by atoms with E-state index in [1.807, 2.05) is 0 Å². The summed E-state index contributed by atoms with van der Waals surface area (Å²) in [6, 6.07) is 0. The van der Waals surface area contributed by atoms with Gasteiger partial charge in [-0.1, -0.05) is 105 Å². The summed E-state index contributed by atoms with van der Waals surface area (Å²) in [5.74, 6) is 0. The van der Waals surface area contributed by atoms with Gasteiger partial charge in [-0.15, -0.1) is 0 Å². The fourth-order valence-electron chi connectivity index (χ4n) is 3.29. The van der Waals surface area contributed by atoms with E-state index in [1.54, 1.807) is 0 Å². The topological polar surface area (TPSA) is 49.7 Å². The van der Waals surface area contributed by atoms with Crippen LogP contribution >= 0.6 is 0 Å². The highest BCUT2D eigenvalue weighted by atomic mass is 16.5. The monoisotopic (exact) mass is 388 g/mol. The Morgan fingerprint density at radius 1 is 0.481 bits per heavy atom. The first-order valence-electron chi connectivity index (χ1n) is 12.1. The zero-order valence-electron chi connectivity index (χ0n) is 19.2. The molecule has 0 saturated carbocycles. The van der Waals surface area contributed by atoms with Gasteiger partial charge in [0.2, 0.25) is 0 Å². The van der Waals surface area contributed by atoms with Crippen molar-refractivity contribution in [3.63, 3.8) is 0 Å². The average molecular weight is 389 g/mol. The van der Waals surface area contributed by atoms with Crippen molar-refractivity contribution in [2.75, 3.05) is 13.2 Å². The highest BCUT2D eigenvalue weighted by molar-refractivity contribution is 4.66. The van der Waals surface area contributed by atoms with E-state index in [4.69, 9.17) is 14.9 Å². The maximum Gasteiger partial charge on any atom is 0.0662 e. The molecule has 0 aliphatic rings. The quantitative estimate of drug-likeness (QED) is 0.233. The van der Waals surface area contributed by atoms with Crippen molar-refractivity contribution in [1.82, 2.24) is 0 Å². The van der Waals surface area contributed by atoms with E-state index in [9.17, 15) is 0 Å². The van der Waals surface area contributed by atoms with Crippen LogP contribution in [0.15, 0.2) is 0 Å². The summed E-state index contributed by atoms with van der Waals surface area (Å²) in [5.41, 5.74) is 0. The number of hydrogen-bond acceptors (Lipinski definition) is 3. The molecule has 0 aliphatic heterocycles. The lowest BCUT2D eigenvalue weighted by molar-refractivity contribution is -0.0320. The summed E-state index contributed by atoms with van der Waals surface area (Å²) in [4.78, 5) is 0. The van der Waals surface area contributed by atoms with Crippen LogP contribution in [0.25, 0.3) is 0 Å². The second-order valence-electron chi connectivity index (χ2n) is 7.81. The lowest BCUT2D eigenvalue weighted by Crippen LogP contribution is -2.23. The van der Waals surface area contributed by atoms with Crippen LogP contribution in [-0.2, 0) is 4.74 Å². The van der Waals surface area contributed by atoms with Gasteiger partial charge in [-0.2, -0.15) is 0 Å². The molecular weight excluding hydrogens is 336 g/mol. The van der Waals surface area contributed by atoms with Gasteiger partial charge < -0.3 is 14.9 Å². The van der Waals surface area contributed by atoms with Gasteiger partial charge in [-0.25, -0.2) is 0 Å². The molecule has 0 rings (SSSR count). The molecule has 27 heavy (non-hydrogen) atoms. The predicted octanol–water partition coefficient (Wildman–Crippen LogP) is 7.03. The van der Waals surface area contributed by atoms with Crippen LogP contribution in [-0.4, -0.2) is 35.6 Å². The largest absolute Gasteiger partial charge is 0.394 e. The zero-order valence-corrected chi connectivity index (χ0v) is 19.2. The van der Waals surface area contributed by atoms with Gasteiger partial charge in [0.15, 0.2) is 0 Å². The van der Waals surface area contributed by atoms with Crippen LogP contribution in [0.4, 0.5) is 0 Å². The number of rotatable bonds is 19. The summed E-state index contributed by atoms with van der Waals surface area (Å²) in [6.45, 7) is 8.94. The van der Waals surface area contributed by atoms with Gasteiger partial charge in [-0.3, -0.25) is 0 Å². The Labute approximate surface area is 171 Å². The molecule has 2 N–H and O–H groups in total. The maximum absolute atomic E-state index is 7.62. The standard InChI is InChI=1S/C22H46O.C2H6O2/c1-5-9-13-15-19-21(17-11-7-3)23-22(18-12-8-4)20-16-14-10-6-2;3-1-2-4/h21-22H,5-20H2,1-4H3;3-4H,1-2H2. The molecule has 0 amide bonds. The van der Waals surface area contributed by atoms with Crippen molar-refractivity contribution in [3.05, 3.63) is 0 Å². The lowest BCUT2D eigenvalue weighted by Gasteiger charge is -2.25. The van der Waals surface area contributed by atoms with Crippen LogP contribution in [0.1, 0.15) is 130 Å². The molecular formula is C24H52O3. The average Bonchev–Trinajstić information content (AvgIpc) is 2.70. The Hall–Kier alpha value is -0.120. The lowest BCUT2D eigenvalue weighted by atomic mass is 10.0. The molecule has 166 valence electrons. The number of hydrogen-bond donors (Lipinski definition) is 2. The van der Waals surface area contributed by atoms with Crippen molar-refractivity contribution in [1.29, 1.82) is 0 Å². The molecule has 0 aromatic heterocycles. The van der Waals surface area contributed by atoms with Crippen molar-refractivity contribution < 1.29 is 14.9 Å². The molecule has 0 aromatic carbocycles. The number of ether oxygens (including phenoxy) is 1. The summed E-state index contributed by atoms with van der Waals surface area (Å²) >= 11 is 0. The van der Waals surface area contributed by atoms with Crippen LogP contribution < -0.4 is 0 Å². The Balaban J connectivity index is 0. The Kier molecular flexibility index (Phi) is 27.9. The molecule has 2 atom stereocenters. The Bertz CT molecular complexity index is 222. The van der Waals surface area contributed by atoms with Crippen molar-refractivity contribution >= 4 is 0 Å². The molecule has 2 unspecified atom stereocenters. The van der Waals surface area contributed by atoms with Crippen LogP contribution in [0, 0.1) is 0 Å². The first kappa shape index (κ1) is 29.1. The minimum atomic E-state index is -0.125. The van der Waals surface area contributed by atoms with Gasteiger partial charge in [0.25, 0.3) is 0 Å². The molecule has 3 heteroatoms. The smallest absolute Gasteiger partial charge is 0.0662 e. The van der Waals surface area contributed by atoms with E-state index in [0.29, 0.717) is 12.2 Å². The zero-order chi connectivity index (χ0) is 20.6. The number of unbranched alkanes of at least 4 members (excludes halogenated alkanes) is 8. The molecule has 3 nitrogen and oxygen atoms in total. The van der Waals surface area contributed by atoms with Gasteiger partial charge in [0.05, 0.1) is 25.4 Å². The van der Waals surface area contributed by atoms with E-state index in [-0.39, 0.29) is 13.2 Å². The SMILES string of the molecule is CCCCCCC(CCCC)OC(CCCC)CCCCCC.OCCO. The molecule has 0 heterocycles. The predicted molar refractivity (Wildman–Crippen MR) is 119 cm³/mol. The van der Waals surface area contributed by atoms with Crippen LogP contribution in [0.3, 0.4) is 0 Å². The van der Waals surface area contributed by atoms with Gasteiger partial charge in [-0.05, 0) is 25.7 Å². The van der Waals surface area contributed by atoms with Crippen LogP contribution in [0.2, 0.25) is 0 Å². The molecule has 0 aromatic rings. The summed E-state index contributed by atoms with van der Waals surface area (Å²) in [5, 5.41) is 15.2. The normalized spacial score (nSPS) is 13.1. The fourth-order valence-corrected chi connectivity index (χ4v) is 3.29. The molecule has 0 fully saturated rings. The molecule has 0 bridgehead atoms. The number of aliphatic hydroxyl groups is 2. The summed E-state index contributed by atoms with van der Waals surface area (Å²) in [7, 11) is 0. The van der Waals surface area contributed by atoms with E-state index >= 15 is 0 Å². The summed E-state index contributed by atoms with van der Waals surface area (Å²) in [6.07, 6.45) is 22.4. The van der Waals surface area contributed by atoms with Gasteiger partial charge >= 0.3 is 0 Å². The third-order valence-electron chi connectivity index (χ3n) is 5.00. The molecule has 0 radical (unpaired) electrons. The first-order valence-corrected chi connectivity index (χ1v) is 12.1. The molecule has 0 saturated heterocycles. The minimum Gasteiger partial charge on any atom is -0.394 e. The van der Waals surface area contributed by atoms with Crippen molar-refractivity contribution in [2.24, 2.45) is 0 Å². The maximum atomic E-state index is 7.62. The van der Waals surface area contributed by atoms with E-state index < -0.39 is 0 Å². The Morgan fingerprint density at radius 3 is 1.11 bits per heavy atom. The third-order valence-corrected chi connectivity index (χ3v) is 5.00. The second-order valence-corrected chi connectivity index (χ2v) is 7.81. The van der Waals surface area contributed by atoms with E-state index in [0.717, 1.165) is 0 Å². The Morgan fingerprint density at radius 2 is 0.815 bits per heavy atom. The summed E-state index contributed by atoms with van der Waals surface area (Å²) < 4.78 is 6.62. The minimum absolute atomic E-state index is 0.125. The molecule has 0 aliphatic carbocycles. The van der Waals surface area contributed by atoms with E-state index in [1.165, 1.54) is 103 Å². The first-order chi connectivity index (χ1) is 13.2. The highest BCUT2D eigenvalue weighted by Crippen LogP contribution is 2.21. The van der Waals surface area contributed by atoms with Crippen molar-refractivity contribution in [2.45, 2.75) is 143 Å². The third kappa shape index (κ3) is 23.8. The van der Waals surface area contributed by atoms with Gasteiger partial charge in [0.1, 0.15) is 0 Å². The van der Waals surface area contributed by atoms with Crippen molar-refractivity contribution in [3.8, 4) is 0 Å². The fraction of sp³-hybridized carbons (Fsp3) is 1.00. The van der Waals surface area contributed by atoms with E-state index in [2.05, 4.69) is 27.7 Å². The van der Waals surface area contributed by atoms with Crippen LogP contribution in [0.5, 0.6) is 0 Å².